The van der Waals surface area contributed by atoms with Gasteiger partial charge in [0.05, 0.1) is 34.7 Å². The number of nitrogens with zero attached hydrogens (tertiary/aromatic N) is 2. The number of aromatic nitrogens is 2. The van der Waals surface area contributed by atoms with Gasteiger partial charge in [0, 0.05) is 5.56 Å². The van der Waals surface area contributed by atoms with Crippen molar-refractivity contribution >= 4 is 33.2 Å². The van der Waals surface area contributed by atoms with Gasteiger partial charge < -0.3 is 4.74 Å². The van der Waals surface area contributed by atoms with Gasteiger partial charge in [-0.2, -0.15) is 5.10 Å². The Hall–Kier alpha value is -2.06. The van der Waals surface area contributed by atoms with E-state index >= 15 is 0 Å². The topological polar surface area (TPSA) is 87.2 Å². The average molecular weight is 398 g/mol. The summed E-state index contributed by atoms with van der Waals surface area (Å²) in [5.41, 5.74) is 1.43. The molecule has 0 aliphatic rings. The van der Waals surface area contributed by atoms with Gasteiger partial charge in [0.1, 0.15) is 10.6 Å². The molecule has 0 saturated carbocycles. The zero-order valence-electron chi connectivity index (χ0n) is 13.0. The second-order valence-corrected chi connectivity index (χ2v) is 7.46. The van der Waals surface area contributed by atoms with Crippen molar-refractivity contribution in [3.8, 4) is 22.7 Å². The maximum atomic E-state index is 11.9. The summed E-state index contributed by atoms with van der Waals surface area (Å²) in [5, 5.41) is 10.2. The predicted molar refractivity (Wildman–Crippen MR) is 96.9 cm³/mol. The lowest BCUT2D eigenvalue weighted by atomic mass is 10.1. The molecule has 1 heterocycles. The molecule has 0 radical (unpaired) electrons. The molecule has 0 atom stereocenters. The normalized spacial score (nSPS) is 11.5. The van der Waals surface area contributed by atoms with Crippen molar-refractivity contribution in [3.63, 3.8) is 0 Å². The van der Waals surface area contributed by atoms with E-state index in [1.165, 1.54) is 24.1 Å². The molecule has 0 aliphatic carbocycles. The van der Waals surface area contributed by atoms with Crippen molar-refractivity contribution in [2.75, 3.05) is 7.11 Å². The molecule has 0 saturated heterocycles. The number of sulfonamides is 1. The Morgan fingerprint density at radius 2 is 1.84 bits per heavy atom. The molecule has 9 heteroatoms. The second kappa shape index (κ2) is 6.68. The van der Waals surface area contributed by atoms with Crippen LogP contribution >= 0.6 is 23.2 Å². The van der Waals surface area contributed by atoms with E-state index < -0.39 is 10.0 Å². The third-order valence-corrected chi connectivity index (χ3v) is 5.08. The van der Waals surface area contributed by atoms with Crippen molar-refractivity contribution in [1.29, 1.82) is 0 Å². The molecule has 0 amide bonds. The van der Waals surface area contributed by atoms with Crippen molar-refractivity contribution in [2.24, 2.45) is 5.14 Å². The summed E-state index contributed by atoms with van der Waals surface area (Å²) in [6.45, 7) is 0. The first-order valence-electron chi connectivity index (χ1n) is 7.02. The van der Waals surface area contributed by atoms with Crippen LogP contribution in [0, 0.1) is 0 Å². The van der Waals surface area contributed by atoms with E-state index in [-0.39, 0.29) is 4.90 Å². The number of nitrogens with two attached hydrogens (primary N) is 1. The van der Waals surface area contributed by atoms with Gasteiger partial charge in [0.15, 0.2) is 0 Å². The molecule has 3 rings (SSSR count). The number of rotatable bonds is 4. The summed E-state index contributed by atoms with van der Waals surface area (Å²) in [5.74, 6) is 0.512. The van der Waals surface area contributed by atoms with Gasteiger partial charge in [-0.3, -0.25) is 0 Å². The van der Waals surface area contributed by atoms with Crippen LogP contribution in [0.25, 0.3) is 16.9 Å². The number of primary sulfonamides is 1. The summed E-state index contributed by atoms with van der Waals surface area (Å²) >= 11 is 12.5. The van der Waals surface area contributed by atoms with E-state index in [0.717, 1.165) is 0 Å². The number of methoxy groups -OCH3 is 1. The van der Waals surface area contributed by atoms with Gasteiger partial charge in [0.25, 0.3) is 0 Å². The van der Waals surface area contributed by atoms with Gasteiger partial charge in [-0.1, -0.05) is 35.3 Å². The van der Waals surface area contributed by atoms with E-state index in [1.807, 2.05) is 0 Å². The van der Waals surface area contributed by atoms with Gasteiger partial charge in [0.2, 0.25) is 10.0 Å². The largest absolute Gasteiger partial charge is 0.495 e. The molecule has 0 bridgehead atoms. The minimum Gasteiger partial charge on any atom is -0.495 e. The van der Waals surface area contributed by atoms with E-state index in [1.54, 1.807) is 36.4 Å². The van der Waals surface area contributed by atoms with Crippen LogP contribution < -0.4 is 9.88 Å². The molecule has 130 valence electrons. The maximum absolute atomic E-state index is 11.9. The van der Waals surface area contributed by atoms with Crippen molar-refractivity contribution in [2.45, 2.75) is 4.90 Å². The summed E-state index contributed by atoms with van der Waals surface area (Å²) < 4.78 is 30.3. The van der Waals surface area contributed by atoms with Crippen LogP contribution in [0.2, 0.25) is 10.0 Å². The Labute approximate surface area is 154 Å². The second-order valence-electron chi connectivity index (χ2n) is 5.11. The lowest BCUT2D eigenvalue weighted by Gasteiger charge is -2.12. The Morgan fingerprint density at radius 3 is 2.48 bits per heavy atom. The Balaban J connectivity index is 2.25. The number of hydrogen-bond donors (Lipinski definition) is 1. The molecule has 6 nitrogen and oxygen atoms in total. The molecule has 2 aromatic carbocycles. The van der Waals surface area contributed by atoms with Crippen molar-refractivity contribution in [1.82, 2.24) is 9.78 Å². The molecular formula is C16H13Cl2N3O3S. The minimum atomic E-state index is -3.94. The standard InChI is InChI=1S/C16H13Cl2N3O3S/c1-24-14-7-6-10(8-11(14)17)16-12(18)9-20-21(16)13-4-2-3-5-15(13)25(19,22)23/h2-9H,1H3,(H2,19,22,23). The summed E-state index contributed by atoms with van der Waals surface area (Å²) in [6.07, 6.45) is 1.43. The van der Waals surface area contributed by atoms with Crippen LogP contribution in [0.3, 0.4) is 0 Å². The highest BCUT2D eigenvalue weighted by atomic mass is 35.5. The van der Waals surface area contributed by atoms with Crippen LogP contribution in [0.5, 0.6) is 5.75 Å². The molecular weight excluding hydrogens is 385 g/mol. The number of para-hydroxylation sites is 1. The number of benzene rings is 2. The predicted octanol–water partition coefficient (Wildman–Crippen LogP) is 3.50. The average Bonchev–Trinajstić information content (AvgIpc) is 2.95. The fraction of sp³-hybridized carbons (Fsp3) is 0.0625. The molecule has 0 unspecified atom stereocenters. The molecule has 1 aromatic heterocycles. The molecule has 0 spiro atoms. The molecule has 0 aliphatic heterocycles. The number of halogens is 2. The summed E-state index contributed by atoms with van der Waals surface area (Å²) in [6, 6.07) is 11.4. The van der Waals surface area contributed by atoms with Crippen molar-refractivity contribution < 1.29 is 13.2 Å². The lowest BCUT2D eigenvalue weighted by molar-refractivity contribution is 0.415. The molecule has 0 fully saturated rings. The number of hydrogen-bond acceptors (Lipinski definition) is 4. The van der Waals surface area contributed by atoms with Gasteiger partial charge in [-0.25, -0.2) is 18.2 Å². The summed E-state index contributed by atoms with van der Waals surface area (Å²) in [4.78, 5) is -0.0596. The Kier molecular flexibility index (Phi) is 4.75. The lowest BCUT2D eigenvalue weighted by Crippen LogP contribution is -2.16. The Morgan fingerprint density at radius 1 is 1.12 bits per heavy atom. The van der Waals surface area contributed by atoms with Crippen molar-refractivity contribution in [3.05, 3.63) is 58.7 Å². The maximum Gasteiger partial charge on any atom is 0.240 e. The Bertz CT molecular complexity index is 1050. The van der Waals surface area contributed by atoms with Crippen LogP contribution in [0.1, 0.15) is 0 Å². The number of ether oxygens (including phenoxy) is 1. The van der Waals surface area contributed by atoms with Gasteiger partial charge in [-0.05, 0) is 30.3 Å². The monoisotopic (exact) mass is 397 g/mol. The smallest absolute Gasteiger partial charge is 0.240 e. The molecule has 25 heavy (non-hydrogen) atoms. The van der Waals surface area contributed by atoms with Gasteiger partial charge >= 0.3 is 0 Å². The SMILES string of the molecule is COc1ccc(-c2c(Cl)cnn2-c2ccccc2S(N)(=O)=O)cc1Cl. The first-order chi connectivity index (χ1) is 11.8. The first kappa shape index (κ1) is 17.8. The zero-order chi connectivity index (χ0) is 18.2. The van der Waals surface area contributed by atoms with Crippen LogP contribution in [-0.4, -0.2) is 25.3 Å². The van der Waals surface area contributed by atoms with E-state index in [4.69, 9.17) is 33.1 Å². The van der Waals surface area contributed by atoms with E-state index in [9.17, 15) is 8.42 Å². The van der Waals surface area contributed by atoms with Crippen LogP contribution in [-0.2, 0) is 10.0 Å². The fourth-order valence-electron chi connectivity index (χ4n) is 2.46. The highest BCUT2D eigenvalue weighted by Gasteiger charge is 2.20. The van der Waals surface area contributed by atoms with Crippen LogP contribution in [0.15, 0.2) is 53.6 Å². The highest BCUT2D eigenvalue weighted by Crippen LogP contribution is 2.35. The van der Waals surface area contributed by atoms with Crippen LogP contribution in [0.4, 0.5) is 0 Å². The fourth-order valence-corrected chi connectivity index (χ4v) is 3.66. The van der Waals surface area contributed by atoms with E-state index in [0.29, 0.717) is 32.7 Å². The first-order valence-corrected chi connectivity index (χ1v) is 9.33. The molecule has 2 N–H and O–H groups in total. The zero-order valence-corrected chi connectivity index (χ0v) is 15.3. The quantitative estimate of drug-likeness (QED) is 0.729. The minimum absolute atomic E-state index is 0.0596. The van der Waals surface area contributed by atoms with E-state index in [2.05, 4.69) is 5.10 Å². The van der Waals surface area contributed by atoms with Gasteiger partial charge in [-0.15, -0.1) is 0 Å². The summed E-state index contributed by atoms with van der Waals surface area (Å²) in [7, 11) is -2.43. The third kappa shape index (κ3) is 3.36. The highest BCUT2D eigenvalue weighted by molar-refractivity contribution is 7.89. The third-order valence-electron chi connectivity index (χ3n) is 3.55. The molecule has 3 aromatic rings.